The van der Waals surface area contributed by atoms with Gasteiger partial charge in [-0.25, -0.2) is 4.79 Å². The molecule has 184 valence electrons. The number of rotatable bonds is 5. The van der Waals surface area contributed by atoms with E-state index in [1.807, 2.05) is 0 Å². The molecule has 3 atom stereocenters. The van der Waals surface area contributed by atoms with E-state index >= 15 is 0 Å². The summed E-state index contributed by atoms with van der Waals surface area (Å²) < 4.78 is 52.9. The fourth-order valence-electron chi connectivity index (χ4n) is 3.87. The Morgan fingerprint density at radius 1 is 1.11 bits per heavy atom. The lowest BCUT2D eigenvalue weighted by molar-refractivity contribution is -0.288. The molecular formula is C23H17Cl2F3N2O5. The molecule has 4 rings (SSSR count). The summed E-state index contributed by atoms with van der Waals surface area (Å²) in [6.07, 6.45) is -5.40. The summed E-state index contributed by atoms with van der Waals surface area (Å²) in [6.45, 7) is 0. The summed E-state index contributed by atoms with van der Waals surface area (Å²) in [7, 11) is 1.39. The number of benzene rings is 2. The number of ketones is 1. The van der Waals surface area contributed by atoms with Crippen LogP contribution in [0.4, 0.5) is 18.0 Å². The Hall–Kier alpha value is -3.21. The molecule has 1 aliphatic rings. The molecule has 0 aliphatic carbocycles. The van der Waals surface area contributed by atoms with Gasteiger partial charge in [-0.2, -0.15) is 13.2 Å². The van der Waals surface area contributed by atoms with Crippen molar-refractivity contribution < 1.29 is 37.0 Å². The highest BCUT2D eigenvalue weighted by atomic mass is 35.5. The molecule has 7 nitrogen and oxygen atoms in total. The molecule has 1 aliphatic heterocycles. The van der Waals surface area contributed by atoms with Crippen LogP contribution in [0.5, 0.6) is 5.75 Å². The Morgan fingerprint density at radius 3 is 2.43 bits per heavy atom. The van der Waals surface area contributed by atoms with Gasteiger partial charge in [0.2, 0.25) is 5.72 Å². The van der Waals surface area contributed by atoms with Gasteiger partial charge < -0.3 is 24.9 Å². The van der Waals surface area contributed by atoms with E-state index in [1.54, 1.807) is 12.1 Å². The van der Waals surface area contributed by atoms with E-state index in [0.717, 1.165) is 0 Å². The minimum absolute atomic E-state index is 0.131. The van der Waals surface area contributed by atoms with Crippen molar-refractivity contribution in [1.82, 2.24) is 10.6 Å². The van der Waals surface area contributed by atoms with Crippen LogP contribution in [-0.2, 0) is 0 Å². The van der Waals surface area contributed by atoms with Gasteiger partial charge >= 0.3 is 12.2 Å². The van der Waals surface area contributed by atoms with Gasteiger partial charge in [-0.1, -0.05) is 29.3 Å². The van der Waals surface area contributed by atoms with Crippen LogP contribution in [0.25, 0.3) is 11.3 Å². The molecule has 0 saturated carbocycles. The van der Waals surface area contributed by atoms with Gasteiger partial charge in [0.15, 0.2) is 5.78 Å². The van der Waals surface area contributed by atoms with Gasteiger partial charge in [0.25, 0.3) is 0 Å². The van der Waals surface area contributed by atoms with Crippen molar-refractivity contribution in [2.45, 2.75) is 17.9 Å². The fraction of sp³-hybridized carbons (Fsp3) is 0.217. The zero-order valence-electron chi connectivity index (χ0n) is 17.8. The number of halogens is 5. The van der Waals surface area contributed by atoms with Crippen LogP contribution in [0.1, 0.15) is 22.2 Å². The van der Waals surface area contributed by atoms with Crippen LogP contribution in [0.3, 0.4) is 0 Å². The Labute approximate surface area is 206 Å². The number of Topliss-reactive ketones (excluding diaryl/α,β-unsaturated/α-hetero) is 1. The average Bonchev–Trinajstić information content (AvgIpc) is 3.29. The molecule has 35 heavy (non-hydrogen) atoms. The molecule has 12 heteroatoms. The number of alkyl halides is 3. The molecule has 0 radical (unpaired) electrons. The molecular weight excluding hydrogens is 512 g/mol. The van der Waals surface area contributed by atoms with Crippen LogP contribution in [-0.4, -0.2) is 35.9 Å². The molecule has 3 aromatic rings. The SMILES string of the molecule is COc1ccc(C(=O)[C@H]2[C@H](c3ccc(-c4cccc(Cl)c4Cl)o3)NC(=O)N[C@@]2(O)C(F)(F)F)cc1. The maximum Gasteiger partial charge on any atom is 0.437 e. The first kappa shape index (κ1) is 24.9. The number of amides is 2. The summed E-state index contributed by atoms with van der Waals surface area (Å²) in [6, 6.07) is 9.65. The van der Waals surface area contributed by atoms with Crippen LogP contribution >= 0.6 is 23.2 Å². The van der Waals surface area contributed by atoms with Crippen molar-refractivity contribution in [3.05, 3.63) is 76.0 Å². The third-order valence-corrected chi connectivity index (χ3v) is 6.43. The molecule has 2 amide bonds. The van der Waals surface area contributed by atoms with Gasteiger partial charge in [0.05, 0.1) is 17.2 Å². The highest BCUT2D eigenvalue weighted by Crippen LogP contribution is 2.45. The minimum Gasteiger partial charge on any atom is -0.497 e. The number of furan rings is 1. The van der Waals surface area contributed by atoms with E-state index in [2.05, 4.69) is 5.32 Å². The molecule has 0 spiro atoms. The van der Waals surface area contributed by atoms with E-state index < -0.39 is 35.7 Å². The van der Waals surface area contributed by atoms with Gasteiger partial charge in [0, 0.05) is 11.1 Å². The summed E-state index contributed by atoms with van der Waals surface area (Å²) in [5.74, 6) is -3.05. The van der Waals surface area contributed by atoms with Gasteiger partial charge in [0.1, 0.15) is 29.2 Å². The lowest BCUT2D eigenvalue weighted by Crippen LogP contribution is -2.72. The van der Waals surface area contributed by atoms with E-state index in [-0.39, 0.29) is 27.1 Å². The second-order valence-electron chi connectivity index (χ2n) is 7.71. The molecule has 1 aromatic heterocycles. The third-order valence-electron chi connectivity index (χ3n) is 5.61. The first-order chi connectivity index (χ1) is 16.5. The summed E-state index contributed by atoms with van der Waals surface area (Å²) in [5, 5.41) is 14.8. The molecule has 0 bridgehead atoms. The number of methoxy groups -OCH3 is 1. The van der Waals surface area contributed by atoms with Crippen molar-refractivity contribution in [2.75, 3.05) is 7.11 Å². The summed E-state index contributed by atoms with van der Waals surface area (Å²) in [5.41, 5.74) is -3.70. The molecule has 3 N–H and O–H groups in total. The van der Waals surface area contributed by atoms with E-state index in [1.165, 1.54) is 54.9 Å². The Bertz CT molecular complexity index is 1280. The molecule has 2 heterocycles. The number of carbonyl (C=O) groups excluding carboxylic acids is 2. The smallest absolute Gasteiger partial charge is 0.437 e. The van der Waals surface area contributed by atoms with Crippen LogP contribution in [0, 0.1) is 5.92 Å². The molecule has 0 unspecified atom stereocenters. The fourth-order valence-corrected chi connectivity index (χ4v) is 4.26. The second-order valence-corrected chi connectivity index (χ2v) is 8.50. The molecule has 2 aromatic carbocycles. The monoisotopic (exact) mass is 528 g/mol. The van der Waals surface area contributed by atoms with E-state index in [9.17, 15) is 27.9 Å². The Kier molecular flexibility index (Phi) is 6.48. The predicted molar refractivity (Wildman–Crippen MR) is 120 cm³/mol. The first-order valence-corrected chi connectivity index (χ1v) is 10.8. The number of nitrogens with one attached hydrogen (secondary N) is 2. The number of urea groups is 1. The number of ether oxygens (including phenoxy) is 1. The average molecular weight is 529 g/mol. The number of carbonyl (C=O) groups is 2. The predicted octanol–water partition coefficient (Wildman–Crippen LogP) is 5.37. The van der Waals surface area contributed by atoms with Crippen molar-refractivity contribution in [1.29, 1.82) is 0 Å². The second kappa shape index (κ2) is 9.10. The van der Waals surface area contributed by atoms with Crippen LogP contribution in [0.2, 0.25) is 10.0 Å². The number of hydrogen-bond donors (Lipinski definition) is 3. The highest BCUT2D eigenvalue weighted by Gasteiger charge is 2.66. The lowest BCUT2D eigenvalue weighted by atomic mass is 9.79. The minimum atomic E-state index is -5.40. The largest absolute Gasteiger partial charge is 0.497 e. The van der Waals surface area contributed by atoms with Crippen molar-refractivity contribution >= 4 is 35.0 Å². The number of aliphatic hydroxyl groups is 1. The molecule has 1 fully saturated rings. The third kappa shape index (κ3) is 4.44. The summed E-state index contributed by atoms with van der Waals surface area (Å²) in [4.78, 5) is 25.5. The lowest BCUT2D eigenvalue weighted by Gasteiger charge is -2.44. The van der Waals surface area contributed by atoms with Crippen LogP contribution < -0.4 is 15.4 Å². The summed E-state index contributed by atoms with van der Waals surface area (Å²) >= 11 is 12.2. The van der Waals surface area contributed by atoms with E-state index in [0.29, 0.717) is 11.3 Å². The van der Waals surface area contributed by atoms with Gasteiger partial charge in [-0.05, 0) is 48.5 Å². The topological polar surface area (TPSA) is 101 Å². The highest BCUT2D eigenvalue weighted by molar-refractivity contribution is 6.43. The zero-order chi connectivity index (χ0) is 25.5. The van der Waals surface area contributed by atoms with Gasteiger partial charge in [-0.15, -0.1) is 0 Å². The van der Waals surface area contributed by atoms with Crippen LogP contribution in [0.15, 0.2) is 59.0 Å². The van der Waals surface area contributed by atoms with Crippen molar-refractivity contribution in [2.24, 2.45) is 5.92 Å². The zero-order valence-corrected chi connectivity index (χ0v) is 19.3. The standard InChI is InChI=1S/C23H17Cl2F3N2O5/c1-34-12-7-5-11(6-8-12)20(31)17-19(29-21(32)30-22(17,33)23(26,27)28)16-10-9-15(35-16)13-3-2-4-14(24)18(13)25/h2-10,17,19,33H,1H3,(H2,29,30,32)/t17-,19+,22+/m1/s1. The van der Waals surface area contributed by atoms with Crippen molar-refractivity contribution in [3.63, 3.8) is 0 Å². The molecule has 1 saturated heterocycles. The first-order valence-electron chi connectivity index (χ1n) is 10.1. The maximum atomic E-state index is 14.1. The van der Waals surface area contributed by atoms with E-state index in [4.69, 9.17) is 32.4 Å². The quantitative estimate of drug-likeness (QED) is 0.386. The van der Waals surface area contributed by atoms with Crippen molar-refractivity contribution in [3.8, 4) is 17.1 Å². The maximum absolute atomic E-state index is 14.1. The Morgan fingerprint density at radius 2 is 1.80 bits per heavy atom. The Balaban J connectivity index is 1.82. The van der Waals surface area contributed by atoms with Gasteiger partial charge in [-0.3, -0.25) is 4.79 Å². The normalized spacial score (nSPS) is 22.3. The number of hydrogen-bond acceptors (Lipinski definition) is 5.